The lowest BCUT2D eigenvalue weighted by molar-refractivity contribution is -0.318. The molecule has 0 amide bonds. The van der Waals surface area contributed by atoms with Crippen LogP contribution in [0, 0.1) is 34.5 Å². The van der Waals surface area contributed by atoms with Gasteiger partial charge in [-0.3, -0.25) is 0 Å². The molecule has 4 aliphatic carbocycles. The van der Waals surface area contributed by atoms with Gasteiger partial charge in [-0.05, 0) is 108 Å². The van der Waals surface area contributed by atoms with Crippen LogP contribution >= 0.6 is 0 Å². The van der Waals surface area contributed by atoms with Crippen LogP contribution in [0.1, 0.15) is 105 Å². The summed E-state index contributed by atoms with van der Waals surface area (Å²) in [5.41, 5.74) is -0.707. The Labute approximate surface area is 251 Å². The summed E-state index contributed by atoms with van der Waals surface area (Å²) in [6.45, 7) is 10.2. The molecule has 6 fully saturated rings. The van der Waals surface area contributed by atoms with E-state index >= 15 is 0 Å². The summed E-state index contributed by atoms with van der Waals surface area (Å²) in [6.07, 6.45) is 3.63. The molecule has 1 unspecified atom stereocenters. The largest absolute Gasteiger partial charge is 0.393 e. The zero-order valence-electron chi connectivity index (χ0n) is 26.2. The van der Waals surface area contributed by atoms with Crippen LogP contribution in [-0.4, -0.2) is 92.5 Å². The van der Waals surface area contributed by atoms with Gasteiger partial charge in [-0.2, -0.15) is 0 Å². The first kappa shape index (κ1) is 31.6. The van der Waals surface area contributed by atoms with E-state index in [-0.39, 0.29) is 35.4 Å². The molecular weight excluding hydrogens is 540 g/mol. The van der Waals surface area contributed by atoms with E-state index < -0.39 is 54.8 Å². The predicted octanol–water partition coefficient (Wildman–Crippen LogP) is 3.26. The van der Waals surface area contributed by atoms with Crippen LogP contribution in [0.5, 0.6) is 0 Å². The molecule has 0 spiro atoms. The molecular formula is C33H56O9. The first-order valence-corrected chi connectivity index (χ1v) is 16.8. The Balaban J connectivity index is 1.05. The monoisotopic (exact) mass is 596 g/mol. The van der Waals surface area contributed by atoms with Crippen LogP contribution in [0.3, 0.4) is 0 Å². The van der Waals surface area contributed by atoms with Gasteiger partial charge in [-0.1, -0.05) is 13.8 Å². The van der Waals surface area contributed by atoms with Crippen molar-refractivity contribution in [2.45, 2.75) is 172 Å². The van der Waals surface area contributed by atoms with Gasteiger partial charge in [0, 0.05) is 18.3 Å². The highest BCUT2D eigenvalue weighted by molar-refractivity contribution is 5.17. The first-order chi connectivity index (χ1) is 19.8. The fraction of sp³-hybridized carbons (Fsp3) is 1.00. The van der Waals surface area contributed by atoms with Gasteiger partial charge < -0.3 is 44.5 Å². The minimum Gasteiger partial charge on any atom is -0.393 e. The zero-order valence-corrected chi connectivity index (χ0v) is 26.2. The summed E-state index contributed by atoms with van der Waals surface area (Å²) in [6, 6.07) is 0. The number of ether oxygens (including phenoxy) is 4. The number of aliphatic hydroxyl groups is 5. The van der Waals surface area contributed by atoms with Gasteiger partial charge in [0.15, 0.2) is 12.6 Å². The Bertz CT molecular complexity index is 940. The second-order valence-corrected chi connectivity index (χ2v) is 15.5. The van der Waals surface area contributed by atoms with E-state index in [0.717, 1.165) is 57.8 Å². The lowest BCUT2D eigenvalue weighted by atomic mass is 9.43. The van der Waals surface area contributed by atoms with Gasteiger partial charge in [0.2, 0.25) is 0 Å². The normalized spacial score (nSPS) is 57.1. The van der Waals surface area contributed by atoms with Crippen LogP contribution in [0.25, 0.3) is 0 Å². The summed E-state index contributed by atoms with van der Waals surface area (Å²) < 4.78 is 24.5. The van der Waals surface area contributed by atoms with Gasteiger partial charge in [-0.25, -0.2) is 0 Å². The molecule has 0 aromatic rings. The van der Waals surface area contributed by atoms with Crippen LogP contribution in [0.4, 0.5) is 0 Å². The van der Waals surface area contributed by atoms with Crippen molar-refractivity contribution in [3.63, 3.8) is 0 Å². The summed E-state index contributed by atoms with van der Waals surface area (Å²) in [4.78, 5) is 0. The summed E-state index contributed by atoms with van der Waals surface area (Å²) >= 11 is 0. The van der Waals surface area contributed by atoms with Gasteiger partial charge in [-0.15, -0.1) is 0 Å². The van der Waals surface area contributed by atoms with Crippen molar-refractivity contribution >= 4 is 0 Å². The number of rotatable bonds is 5. The van der Waals surface area contributed by atoms with E-state index in [1.807, 2.05) is 13.8 Å². The molecule has 242 valence electrons. The Morgan fingerprint density at radius 2 is 1.45 bits per heavy atom. The maximum Gasteiger partial charge on any atom is 0.161 e. The molecule has 9 heteroatoms. The lowest BCUT2D eigenvalue weighted by Crippen LogP contribution is -2.63. The summed E-state index contributed by atoms with van der Waals surface area (Å²) in [5, 5.41) is 53.9. The van der Waals surface area contributed by atoms with Crippen LogP contribution in [0.2, 0.25) is 0 Å². The van der Waals surface area contributed by atoms with Crippen molar-refractivity contribution in [1.82, 2.24) is 0 Å². The molecule has 6 aliphatic rings. The molecule has 42 heavy (non-hydrogen) atoms. The fourth-order valence-electron chi connectivity index (χ4n) is 10.9. The van der Waals surface area contributed by atoms with Crippen LogP contribution in [-0.2, 0) is 18.9 Å². The van der Waals surface area contributed by atoms with Crippen molar-refractivity contribution < 1.29 is 44.5 Å². The fourth-order valence-corrected chi connectivity index (χ4v) is 10.9. The van der Waals surface area contributed by atoms with Gasteiger partial charge in [0.1, 0.15) is 12.2 Å². The predicted molar refractivity (Wildman–Crippen MR) is 154 cm³/mol. The Morgan fingerprint density at radius 3 is 2.14 bits per heavy atom. The van der Waals surface area contributed by atoms with Crippen LogP contribution in [0.15, 0.2) is 0 Å². The summed E-state index contributed by atoms with van der Waals surface area (Å²) in [5.74, 6) is 1.51. The molecule has 9 nitrogen and oxygen atoms in total. The van der Waals surface area contributed by atoms with E-state index in [0.29, 0.717) is 24.2 Å². The third kappa shape index (κ3) is 5.11. The average molecular weight is 597 g/mol. The summed E-state index contributed by atoms with van der Waals surface area (Å²) in [7, 11) is 0. The van der Waals surface area contributed by atoms with Crippen molar-refractivity contribution in [2.24, 2.45) is 34.5 Å². The molecule has 6 rings (SSSR count). The first-order valence-electron chi connectivity index (χ1n) is 16.8. The molecule has 0 aromatic carbocycles. The molecule has 0 bridgehead atoms. The van der Waals surface area contributed by atoms with Gasteiger partial charge >= 0.3 is 0 Å². The quantitative estimate of drug-likeness (QED) is 0.303. The molecule has 0 aromatic heterocycles. The highest BCUT2D eigenvalue weighted by Gasteiger charge is 2.67. The maximum absolute atomic E-state index is 12.3. The van der Waals surface area contributed by atoms with Crippen molar-refractivity contribution in [3.8, 4) is 0 Å². The number of fused-ring (bicyclic) bond motifs is 5. The third-order valence-electron chi connectivity index (χ3n) is 13.4. The van der Waals surface area contributed by atoms with E-state index in [9.17, 15) is 25.5 Å². The van der Waals surface area contributed by atoms with Gasteiger partial charge in [0.25, 0.3) is 0 Å². The second kappa shape index (κ2) is 11.5. The third-order valence-corrected chi connectivity index (χ3v) is 13.4. The molecule has 0 radical (unpaired) electrons. The Hall–Kier alpha value is -0.360. The molecule has 2 aliphatic heterocycles. The van der Waals surface area contributed by atoms with Crippen molar-refractivity contribution in [3.05, 3.63) is 0 Å². The Kier molecular flexibility index (Phi) is 8.63. The molecule has 17 atom stereocenters. The standard InChI is InChI=1S/C33H56O9/c1-17(34)22-10-13-33(38)24-7-6-20-14-21(8-11-31(20,4)23(24)9-12-32(22,33)5)41-27-16-26(36)30(19(3)40-27)42-28-15-25(35)29(37)18(2)39-28/h17-30,34-38H,6-16H2,1-5H3/t17?,18-,19-,20-,21+,22-,23+,24-,25+,26+,27+,28+,29-,30-,31+,32-,33+/m1/s1. The molecule has 4 saturated carbocycles. The van der Waals surface area contributed by atoms with E-state index in [1.165, 1.54) is 0 Å². The topological polar surface area (TPSA) is 138 Å². The maximum atomic E-state index is 12.3. The minimum absolute atomic E-state index is 0.0729. The number of aliphatic hydroxyl groups excluding tert-OH is 4. The van der Waals surface area contributed by atoms with E-state index in [2.05, 4.69) is 13.8 Å². The molecule has 2 heterocycles. The highest BCUT2D eigenvalue weighted by atomic mass is 16.7. The highest BCUT2D eigenvalue weighted by Crippen LogP contribution is 2.69. The lowest BCUT2D eigenvalue weighted by Gasteiger charge is -2.64. The van der Waals surface area contributed by atoms with E-state index in [4.69, 9.17) is 18.9 Å². The second-order valence-electron chi connectivity index (χ2n) is 15.5. The number of hydrogen-bond donors (Lipinski definition) is 5. The van der Waals surface area contributed by atoms with Crippen LogP contribution < -0.4 is 0 Å². The molecule has 2 saturated heterocycles. The van der Waals surface area contributed by atoms with Crippen molar-refractivity contribution in [2.75, 3.05) is 0 Å². The van der Waals surface area contributed by atoms with Gasteiger partial charge in [0.05, 0.1) is 42.2 Å². The zero-order chi connectivity index (χ0) is 30.2. The SMILES string of the molecule is CC(O)[C@H]1CC[C@]2(O)[C@@H]3CC[C@@H]4C[C@@H](O[C@H]5C[C@H](O)[C@H](O[C@H]6C[C@H](O)[C@H](O)[C@@H](C)O6)[C@@H](C)O5)CC[C@]4(C)[C@H]3CC[C@]12C. The van der Waals surface area contributed by atoms with E-state index in [1.54, 1.807) is 6.92 Å². The van der Waals surface area contributed by atoms with Crippen molar-refractivity contribution in [1.29, 1.82) is 0 Å². The smallest absolute Gasteiger partial charge is 0.161 e. The number of hydrogen-bond acceptors (Lipinski definition) is 9. The average Bonchev–Trinajstić information content (AvgIpc) is 3.21. The molecule has 5 N–H and O–H groups in total. The Morgan fingerprint density at radius 1 is 0.762 bits per heavy atom. The minimum atomic E-state index is -0.951.